The van der Waals surface area contributed by atoms with Gasteiger partial charge in [0.2, 0.25) is 0 Å². The summed E-state index contributed by atoms with van der Waals surface area (Å²) in [6.07, 6.45) is -0.351. The molecule has 0 spiro atoms. The van der Waals surface area contributed by atoms with Crippen molar-refractivity contribution in [2.45, 2.75) is 32.4 Å². The number of carboxylic acids is 1. The summed E-state index contributed by atoms with van der Waals surface area (Å²) >= 11 is 0. The number of carbonyl (C=O) groups excluding carboxylic acids is 2. The van der Waals surface area contributed by atoms with Crippen LogP contribution in [0, 0.1) is 0 Å². The average Bonchev–Trinajstić information content (AvgIpc) is 2.25. The largest absolute Gasteiger partial charge is 0.481 e. The molecular formula is C8H12N2O4. The molecule has 6 heteroatoms. The van der Waals surface area contributed by atoms with Crippen LogP contribution in [0.5, 0.6) is 0 Å². The van der Waals surface area contributed by atoms with Gasteiger partial charge < -0.3 is 10.0 Å². The van der Waals surface area contributed by atoms with Crippen molar-refractivity contribution in [3.63, 3.8) is 0 Å². The molecule has 1 aliphatic heterocycles. The maximum Gasteiger partial charge on any atom is 0.325 e. The standard InChI is InChI=1S/C8H12N2O4/c1-4(2)10-5(3-6(11)12)7(13)9-8(10)14/h4-5H,3H2,1-2H3,(H,11,12)(H,9,13,14)/t5-/m1/s1. The third-order valence-corrected chi connectivity index (χ3v) is 2.03. The lowest BCUT2D eigenvalue weighted by molar-refractivity contribution is -0.140. The van der Waals surface area contributed by atoms with E-state index in [2.05, 4.69) is 5.32 Å². The average molecular weight is 200 g/mol. The minimum atomic E-state index is -1.09. The molecule has 1 rings (SSSR count). The molecule has 0 unspecified atom stereocenters. The van der Waals surface area contributed by atoms with Crippen LogP contribution in [0.15, 0.2) is 0 Å². The van der Waals surface area contributed by atoms with Crippen molar-refractivity contribution >= 4 is 17.9 Å². The first-order valence-electron chi connectivity index (χ1n) is 4.28. The molecule has 0 saturated carbocycles. The fraction of sp³-hybridized carbons (Fsp3) is 0.625. The number of carboxylic acid groups (broad SMARTS) is 1. The van der Waals surface area contributed by atoms with Crippen molar-refractivity contribution in [1.29, 1.82) is 0 Å². The van der Waals surface area contributed by atoms with Gasteiger partial charge in [0.15, 0.2) is 0 Å². The number of rotatable bonds is 3. The molecule has 0 bridgehead atoms. The summed E-state index contributed by atoms with van der Waals surface area (Å²) in [6, 6.07) is -1.58. The van der Waals surface area contributed by atoms with Crippen LogP contribution in [-0.2, 0) is 9.59 Å². The summed E-state index contributed by atoms with van der Waals surface area (Å²) < 4.78 is 0. The Balaban J connectivity index is 2.83. The van der Waals surface area contributed by atoms with Gasteiger partial charge in [-0.3, -0.25) is 14.9 Å². The van der Waals surface area contributed by atoms with E-state index in [0.29, 0.717) is 0 Å². The van der Waals surface area contributed by atoms with Crippen molar-refractivity contribution in [2.75, 3.05) is 0 Å². The Morgan fingerprint density at radius 3 is 2.57 bits per heavy atom. The first-order chi connectivity index (χ1) is 6.43. The normalized spacial score (nSPS) is 21.6. The maximum atomic E-state index is 11.2. The van der Waals surface area contributed by atoms with E-state index in [9.17, 15) is 14.4 Å². The summed E-state index contributed by atoms with van der Waals surface area (Å²) in [6.45, 7) is 3.46. The molecule has 2 N–H and O–H groups in total. The van der Waals surface area contributed by atoms with Crippen molar-refractivity contribution in [1.82, 2.24) is 10.2 Å². The van der Waals surface area contributed by atoms with E-state index in [1.165, 1.54) is 4.90 Å². The molecule has 1 atom stereocenters. The van der Waals surface area contributed by atoms with Crippen LogP contribution in [0.25, 0.3) is 0 Å². The number of hydrogen-bond acceptors (Lipinski definition) is 3. The summed E-state index contributed by atoms with van der Waals surface area (Å²) in [7, 11) is 0. The molecule has 0 radical (unpaired) electrons. The van der Waals surface area contributed by atoms with Crippen LogP contribution >= 0.6 is 0 Å². The lowest BCUT2D eigenvalue weighted by Gasteiger charge is -2.24. The first kappa shape index (κ1) is 10.5. The Hall–Kier alpha value is -1.59. The van der Waals surface area contributed by atoms with Crippen molar-refractivity contribution in [2.24, 2.45) is 0 Å². The Morgan fingerprint density at radius 1 is 1.57 bits per heavy atom. The van der Waals surface area contributed by atoms with Crippen LogP contribution in [0.2, 0.25) is 0 Å². The van der Waals surface area contributed by atoms with Crippen LogP contribution in [-0.4, -0.2) is 40.0 Å². The lowest BCUT2D eigenvalue weighted by atomic mass is 10.1. The fourth-order valence-electron chi connectivity index (χ4n) is 1.47. The van der Waals surface area contributed by atoms with Crippen LogP contribution in [0.3, 0.4) is 0 Å². The predicted molar refractivity (Wildman–Crippen MR) is 46.6 cm³/mol. The van der Waals surface area contributed by atoms with E-state index in [1.54, 1.807) is 13.8 Å². The Labute approximate surface area is 80.9 Å². The molecule has 1 aliphatic rings. The lowest BCUT2D eigenvalue weighted by Crippen LogP contribution is -2.41. The molecule has 0 aromatic heterocycles. The monoisotopic (exact) mass is 200 g/mol. The molecule has 1 fully saturated rings. The molecule has 1 saturated heterocycles. The highest BCUT2D eigenvalue weighted by atomic mass is 16.4. The van der Waals surface area contributed by atoms with Gasteiger partial charge in [0.25, 0.3) is 5.91 Å². The zero-order chi connectivity index (χ0) is 10.9. The number of hydrogen-bond donors (Lipinski definition) is 2. The quantitative estimate of drug-likeness (QED) is 0.617. The molecular weight excluding hydrogens is 188 g/mol. The molecule has 14 heavy (non-hydrogen) atoms. The van der Waals surface area contributed by atoms with Gasteiger partial charge in [-0.25, -0.2) is 4.79 Å². The second-order valence-electron chi connectivity index (χ2n) is 3.41. The second-order valence-corrected chi connectivity index (χ2v) is 3.41. The highest BCUT2D eigenvalue weighted by molar-refractivity contribution is 6.05. The van der Waals surface area contributed by atoms with Gasteiger partial charge in [-0.05, 0) is 13.8 Å². The van der Waals surface area contributed by atoms with E-state index in [1.807, 2.05) is 0 Å². The Bertz CT molecular complexity index is 287. The zero-order valence-corrected chi connectivity index (χ0v) is 7.98. The number of nitrogens with zero attached hydrogens (tertiary/aromatic N) is 1. The third kappa shape index (κ3) is 1.84. The van der Waals surface area contributed by atoms with E-state index < -0.39 is 23.9 Å². The number of nitrogens with one attached hydrogen (secondary N) is 1. The molecule has 3 amide bonds. The third-order valence-electron chi connectivity index (χ3n) is 2.03. The number of imide groups is 1. The van der Waals surface area contributed by atoms with Crippen molar-refractivity contribution < 1.29 is 19.5 Å². The predicted octanol–water partition coefficient (Wildman–Crippen LogP) is -0.210. The summed E-state index contributed by atoms with van der Waals surface area (Å²) in [5.41, 5.74) is 0. The van der Waals surface area contributed by atoms with Crippen LogP contribution in [0.4, 0.5) is 4.79 Å². The molecule has 1 heterocycles. The van der Waals surface area contributed by atoms with Crippen LogP contribution < -0.4 is 5.32 Å². The second kappa shape index (κ2) is 3.65. The Morgan fingerprint density at radius 2 is 2.14 bits per heavy atom. The zero-order valence-electron chi connectivity index (χ0n) is 7.98. The van der Waals surface area contributed by atoms with Gasteiger partial charge in [0.05, 0.1) is 6.42 Å². The summed E-state index contributed by atoms with van der Waals surface area (Å²) in [5, 5.41) is 10.6. The van der Waals surface area contributed by atoms with E-state index >= 15 is 0 Å². The topological polar surface area (TPSA) is 86.7 Å². The first-order valence-corrected chi connectivity index (χ1v) is 4.28. The number of urea groups is 1. The van der Waals surface area contributed by atoms with Gasteiger partial charge in [-0.2, -0.15) is 0 Å². The molecule has 6 nitrogen and oxygen atoms in total. The molecule has 0 aliphatic carbocycles. The van der Waals surface area contributed by atoms with E-state index in [0.717, 1.165) is 0 Å². The number of amides is 3. The molecule has 78 valence electrons. The fourth-order valence-corrected chi connectivity index (χ4v) is 1.47. The van der Waals surface area contributed by atoms with Crippen LogP contribution in [0.1, 0.15) is 20.3 Å². The van der Waals surface area contributed by atoms with Gasteiger partial charge in [-0.15, -0.1) is 0 Å². The smallest absolute Gasteiger partial charge is 0.325 e. The Kier molecular flexibility index (Phi) is 2.73. The summed E-state index contributed by atoms with van der Waals surface area (Å²) in [4.78, 5) is 34.1. The molecule has 0 aromatic carbocycles. The number of carbonyl (C=O) groups is 3. The minimum Gasteiger partial charge on any atom is -0.481 e. The van der Waals surface area contributed by atoms with E-state index in [4.69, 9.17) is 5.11 Å². The van der Waals surface area contributed by atoms with E-state index in [-0.39, 0.29) is 12.5 Å². The van der Waals surface area contributed by atoms with Gasteiger partial charge in [-0.1, -0.05) is 0 Å². The van der Waals surface area contributed by atoms with Crippen molar-refractivity contribution in [3.8, 4) is 0 Å². The molecule has 0 aromatic rings. The minimum absolute atomic E-state index is 0.189. The van der Waals surface area contributed by atoms with Gasteiger partial charge in [0.1, 0.15) is 6.04 Å². The summed E-state index contributed by atoms with van der Waals surface area (Å²) in [5.74, 6) is -1.63. The van der Waals surface area contributed by atoms with Gasteiger partial charge in [0, 0.05) is 6.04 Å². The SMILES string of the molecule is CC(C)N1C(=O)NC(=O)[C@H]1CC(=O)O. The maximum absolute atomic E-state index is 11.2. The highest BCUT2D eigenvalue weighted by Gasteiger charge is 2.40. The highest BCUT2D eigenvalue weighted by Crippen LogP contribution is 2.15. The van der Waals surface area contributed by atoms with Crippen molar-refractivity contribution in [3.05, 3.63) is 0 Å². The van der Waals surface area contributed by atoms with Gasteiger partial charge >= 0.3 is 12.0 Å². The number of aliphatic carboxylic acids is 1.